The lowest BCUT2D eigenvalue weighted by molar-refractivity contribution is -0.114. The van der Waals surface area contributed by atoms with Crippen LogP contribution in [0.1, 0.15) is 24.8 Å². The Labute approximate surface area is 181 Å². The topological polar surface area (TPSA) is 58.1 Å². The zero-order valence-electron chi connectivity index (χ0n) is 17.4. The standard InChI is InChI=1S/C25H25FN4O/c1-2-22(31)16-19-15-18(9-10-23(19)26)24-11-12-27-25(29-24)28-20-7-6-8-21(17-20)30-13-4-3-5-14-30/h2,6-12,15,17H,1,3-5,13-14,16H2,(H,27,28,29). The molecule has 1 aliphatic rings. The quantitative estimate of drug-likeness (QED) is 0.529. The van der Waals surface area contributed by atoms with Crippen molar-refractivity contribution in [3.05, 3.63) is 78.8 Å². The van der Waals surface area contributed by atoms with Crippen molar-refractivity contribution in [2.24, 2.45) is 0 Å². The second kappa shape index (κ2) is 9.51. The third kappa shape index (κ3) is 5.15. The van der Waals surface area contributed by atoms with Crippen molar-refractivity contribution in [1.82, 2.24) is 9.97 Å². The minimum atomic E-state index is -0.416. The highest BCUT2D eigenvalue weighted by molar-refractivity contribution is 5.91. The highest BCUT2D eigenvalue weighted by atomic mass is 19.1. The number of carbonyl (C=O) groups excluding carboxylic acids is 1. The maximum atomic E-state index is 14.1. The predicted molar refractivity (Wildman–Crippen MR) is 122 cm³/mol. The first-order valence-corrected chi connectivity index (χ1v) is 10.5. The van der Waals surface area contributed by atoms with Crippen LogP contribution in [-0.2, 0) is 11.2 Å². The number of hydrogen-bond acceptors (Lipinski definition) is 5. The summed E-state index contributed by atoms with van der Waals surface area (Å²) in [5.41, 5.74) is 3.80. The number of piperidine rings is 1. The average molecular weight is 417 g/mol. The van der Waals surface area contributed by atoms with Gasteiger partial charge in [0.05, 0.1) is 5.69 Å². The number of carbonyl (C=O) groups is 1. The summed E-state index contributed by atoms with van der Waals surface area (Å²) in [6.45, 7) is 5.61. The van der Waals surface area contributed by atoms with Gasteiger partial charge in [-0.3, -0.25) is 4.79 Å². The van der Waals surface area contributed by atoms with Crippen LogP contribution in [0.25, 0.3) is 11.3 Å². The van der Waals surface area contributed by atoms with E-state index in [2.05, 4.69) is 38.9 Å². The van der Waals surface area contributed by atoms with Crippen molar-refractivity contribution in [3.8, 4) is 11.3 Å². The second-order valence-corrected chi connectivity index (χ2v) is 7.64. The molecule has 2 aromatic carbocycles. The van der Waals surface area contributed by atoms with Gasteiger partial charge in [-0.15, -0.1) is 0 Å². The van der Waals surface area contributed by atoms with Crippen LogP contribution in [0, 0.1) is 5.82 Å². The molecule has 5 nitrogen and oxygen atoms in total. The van der Waals surface area contributed by atoms with E-state index in [0.29, 0.717) is 17.2 Å². The molecule has 0 saturated carbocycles. The van der Waals surface area contributed by atoms with Crippen LogP contribution in [-0.4, -0.2) is 28.8 Å². The highest BCUT2D eigenvalue weighted by Gasteiger charge is 2.12. The number of benzene rings is 2. The zero-order valence-corrected chi connectivity index (χ0v) is 17.4. The Hall–Kier alpha value is -3.54. The fourth-order valence-electron chi connectivity index (χ4n) is 3.77. The van der Waals surface area contributed by atoms with Crippen molar-refractivity contribution in [3.63, 3.8) is 0 Å². The van der Waals surface area contributed by atoms with Crippen LogP contribution in [0.15, 0.2) is 67.4 Å². The van der Waals surface area contributed by atoms with Crippen molar-refractivity contribution in [2.45, 2.75) is 25.7 Å². The molecule has 0 bridgehead atoms. The molecule has 0 aliphatic carbocycles. The van der Waals surface area contributed by atoms with Crippen molar-refractivity contribution < 1.29 is 9.18 Å². The number of nitrogens with one attached hydrogen (secondary N) is 1. The second-order valence-electron chi connectivity index (χ2n) is 7.64. The smallest absolute Gasteiger partial charge is 0.227 e. The zero-order chi connectivity index (χ0) is 21.6. The molecule has 0 radical (unpaired) electrons. The molecule has 1 saturated heterocycles. The van der Waals surface area contributed by atoms with E-state index in [1.807, 2.05) is 12.1 Å². The van der Waals surface area contributed by atoms with Gasteiger partial charge in [-0.1, -0.05) is 12.6 Å². The third-order valence-electron chi connectivity index (χ3n) is 5.41. The van der Waals surface area contributed by atoms with Gasteiger partial charge in [0.25, 0.3) is 0 Å². The minimum Gasteiger partial charge on any atom is -0.371 e. The number of aromatic nitrogens is 2. The molecule has 6 heteroatoms. The normalized spacial score (nSPS) is 13.6. The summed E-state index contributed by atoms with van der Waals surface area (Å²) < 4.78 is 14.1. The molecule has 1 aromatic heterocycles. The van der Waals surface area contributed by atoms with Crippen LogP contribution in [0.3, 0.4) is 0 Å². The van der Waals surface area contributed by atoms with Gasteiger partial charge in [-0.2, -0.15) is 0 Å². The summed E-state index contributed by atoms with van der Waals surface area (Å²) in [5, 5.41) is 3.27. The lowest BCUT2D eigenvalue weighted by Gasteiger charge is -2.29. The van der Waals surface area contributed by atoms with Crippen molar-refractivity contribution >= 4 is 23.1 Å². The maximum Gasteiger partial charge on any atom is 0.227 e. The monoisotopic (exact) mass is 416 g/mol. The molecule has 158 valence electrons. The first kappa shape index (κ1) is 20.7. The Morgan fingerprint density at radius 2 is 1.97 bits per heavy atom. The Kier molecular flexibility index (Phi) is 6.36. The molecule has 0 amide bonds. The molecular weight excluding hydrogens is 391 g/mol. The minimum absolute atomic E-state index is 0.0251. The predicted octanol–water partition coefficient (Wildman–Crippen LogP) is 5.31. The summed E-state index contributed by atoms with van der Waals surface area (Å²) in [6.07, 6.45) is 6.58. The van der Waals surface area contributed by atoms with E-state index >= 15 is 0 Å². The molecule has 31 heavy (non-hydrogen) atoms. The number of rotatable bonds is 7. The molecule has 0 spiro atoms. The molecular formula is C25H25FN4O. The molecule has 4 rings (SSSR count). The first-order chi connectivity index (χ1) is 15.1. The molecule has 1 aliphatic heterocycles. The first-order valence-electron chi connectivity index (χ1n) is 10.5. The van der Waals surface area contributed by atoms with Crippen molar-refractivity contribution in [1.29, 1.82) is 0 Å². The van der Waals surface area contributed by atoms with Crippen LogP contribution in [0.2, 0.25) is 0 Å². The van der Waals surface area contributed by atoms with Gasteiger partial charge in [0.2, 0.25) is 5.95 Å². The third-order valence-corrected chi connectivity index (χ3v) is 5.41. The van der Waals surface area contributed by atoms with E-state index in [1.165, 1.54) is 37.1 Å². The number of hydrogen-bond donors (Lipinski definition) is 1. The number of anilines is 3. The highest BCUT2D eigenvalue weighted by Crippen LogP contribution is 2.26. The van der Waals surface area contributed by atoms with Gasteiger partial charge in [0.15, 0.2) is 5.78 Å². The van der Waals surface area contributed by atoms with Gasteiger partial charge < -0.3 is 10.2 Å². The summed E-state index contributed by atoms with van der Waals surface area (Å²) in [6, 6.07) is 14.7. The molecule has 1 N–H and O–H groups in total. The van der Waals surface area contributed by atoms with E-state index < -0.39 is 5.82 Å². The summed E-state index contributed by atoms with van der Waals surface area (Å²) in [4.78, 5) is 23.0. The van der Waals surface area contributed by atoms with Gasteiger partial charge in [0, 0.05) is 42.6 Å². The largest absolute Gasteiger partial charge is 0.371 e. The van der Waals surface area contributed by atoms with Gasteiger partial charge >= 0.3 is 0 Å². The number of halogens is 1. The number of ketones is 1. The Bertz CT molecular complexity index is 1090. The Morgan fingerprint density at radius 3 is 2.77 bits per heavy atom. The SMILES string of the molecule is C=CC(=O)Cc1cc(-c2ccnc(Nc3cccc(N4CCCCC4)c3)n2)ccc1F. The lowest BCUT2D eigenvalue weighted by Crippen LogP contribution is -2.29. The molecule has 3 aromatic rings. The molecule has 2 heterocycles. The Morgan fingerprint density at radius 1 is 1.13 bits per heavy atom. The number of nitrogens with zero attached hydrogens (tertiary/aromatic N) is 3. The van der Waals surface area contributed by atoms with Gasteiger partial charge in [-0.05, 0) is 73.4 Å². The summed E-state index contributed by atoms with van der Waals surface area (Å²) >= 11 is 0. The fourth-order valence-corrected chi connectivity index (χ4v) is 3.77. The maximum absolute atomic E-state index is 14.1. The number of allylic oxidation sites excluding steroid dienone is 1. The Balaban J connectivity index is 1.55. The van der Waals surface area contributed by atoms with E-state index in [1.54, 1.807) is 24.4 Å². The van der Waals surface area contributed by atoms with Gasteiger partial charge in [-0.25, -0.2) is 14.4 Å². The van der Waals surface area contributed by atoms with Crippen LogP contribution in [0.5, 0.6) is 0 Å². The molecule has 1 fully saturated rings. The fraction of sp³-hybridized carbons (Fsp3) is 0.240. The van der Waals surface area contributed by atoms with Crippen LogP contribution < -0.4 is 10.2 Å². The van der Waals surface area contributed by atoms with Crippen molar-refractivity contribution in [2.75, 3.05) is 23.3 Å². The van der Waals surface area contributed by atoms with Gasteiger partial charge in [0.1, 0.15) is 5.82 Å². The van der Waals surface area contributed by atoms with E-state index in [0.717, 1.165) is 24.3 Å². The molecule has 0 atom stereocenters. The van der Waals surface area contributed by atoms with E-state index in [9.17, 15) is 9.18 Å². The average Bonchev–Trinajstić information content (AvgIpc) is 2.81. The van der Waals surface area contributed by atoms with Crippen LogP contribution >= 0.6 is 0 Å². The molecule has 0 unspecified atom stereocenters. The lowest BCUT2D eigenvalue weighted by atomic mass is 10.0. The van der Waals surface area contributed by atoms with E-state index in [4.69, 9.17) is 0 Å². The van der Waals surface area contributed by atoms with E-state index in [-0.39, 0.29) is 12.2 Å². The van der Waals surface area contributed by atoms with Crippen LogP contribution in [0.4, 0.5) is 21.7 Å². The summed E-state index contributed by atoms with van der Waals surface area (Å²) in [7, 11) is 0. The summed E-state index contributed by atoms with van der Waals surface area (Å²) in [5.74, 6) is -0.183.